The summed E-state index contributed by atoms with van der Waals surface area (Å²) >= 11 is 0. The van der Waals surface area contributed by atoms with Gasteiger partial charge in [-0.15, -0.1) is 0 Å². The van der Waals surface area contributed by atoms with E-state index < -0.39 is 0 Å². The molecule has 0 saturated heterocycles. The Bertz CT molecular complexity index is 347. The first-order valence-corrected chi connectivity index (χ1v) is 8.14. The summed E-state index contributed by atoms with van der Waals surface area (Å²) in [6.45, 7) is 9.82. The molecule has 1 aromatic rings. The van der Waals surface area contributed by atoms with Crippen LogP contribution in [0.15, 0.2) is 10.5 Å². The molecule has 0 spiro atoms. The molecule has 0 amide bonds. The molecule has 3 heteroatoms. The Morgan fingerprint density at radius 1 is 1.10 bits per heavy atom. The Labute approximate surface area is 124 Å². The van der Waals surface area contributed by atoms with Crippen molar-refractivity contribution in [2.24, 2.45) is 0 Å². The highest BCUT2D eigenvalue weighted by Crippen LogP contribution is 2.15. The second kappa shape index (κ2) is 10.9. The van der Waals surface area contributed by atoms with Gasteiger partial charge in [-0.2, -0.15) is 0 Å². The predicted molar refractivity (Wildman–Crippen MR) is 83.9 cm³/mol. The van der Waals surface area contributed by atoms with E-state index in [1.807, 2.05) is 6.92 Å². The third-order valence-electron chi connectivity index (χ3n) is 3.45. The summed E-state index contributed by atoms with van der Waals surface area (Å²) in [6, 6.07) is 2.12. The van der Waals surface area contributed by atoms with E-state index in [1.54, 1.807) is 0 Å². The largest absolute Gasteiger partial charge is 0.464 e. The van der Waals surface area contributed by atoms with Gasteiger partial charge in [0.15, 0.2) is 0 Å². The van der Waals surface area contributed by atoms with Gasteiger partial charge in [-0.05, 0) is 32.4 Å². The molecule has 1 heterocycles. The number of furan rings is 1. The summed E-state index contributed by atoms with van der Waals surface area (Å²) in [5.74, 6) is 1.96. The van der Waals surface area contributed by atoms with Crippen molar-refractivity contribution in [1.82, 2.24) is 5.32 Å². The van der Waals surface area contributed by atoms with Crippen LogP contribution >= 0.6 is 0 Å². The van der Waals surface area contributed by atoms with Gasteiger partial charge in [0.25, 0.3) is 0 Å². The average molecular weight is 281 g/mol. The van der Waals surface area contributed by atoms with Gasteiger partial charge in [-0.3, -0.25) is 0 Å². The van der Waals surface area contributed by atoms with Crippen molar-refractivity contribution in [3.8, 4) is 0 Å². The molecule has 0 saturated carbocycles. The molecule has 0 fully saturated rings. The Balaban J connectivity index is 2.15. The Morgan fingerprint density at radius 3 is 2.65 bits per heavy atom. The first-order valence-electron chi connectivity index (χ1n) is 8.14. The minimum atomic E-state index is 0.600. The molecule has 1 aromatic heterocycles. The molecule has 0 aromatic carbocycles. The highest BCUT2D eigenvalue weighted by Gasteiger charge is 2.06. The van der Waals surface area contributed by atoms with E-state index in [0.29, 0.717) is 6.61 Å². The van der Waals surface area contributed by atoms with E-state index in [2.05, 4.69) is 25.2 Å². The molecule has 0 aliphatic carbocycles. The molecule has 116 valence electrons. The lowest BCUT2D eigenvalue weighted by atomic mass is 10.2. The molecule has 0 radical (unpaired) electrons. The molecule has 1 rings (SSSR count). The summed E-state index contributed by atoms with van der Waals surface area (Å²) < 4.78 is 11.4. The third-order valence-corrected chi connectivity index (χ3v) is 3.45. The molecule has 0 unspecified atom stereocenters. The van der Waals surface area contributed by atoms with E-state index in [-0.39, 0.29) is 0 Å². The maximum absolute atomic E-state index is 5.73. The monoisotopic (exact) mass is 281 g/mol. The highest BCUT2D eigenvalue weighted by atomic mass is 16.5. The van der Waals surface area contributed by atoms with Crippen LogP contribution in [-0.4, -0.2) is 13.2 Å². The second-order valence-corrected chi connectivity index (χ2v) is 5.44. The summed E-state index contributed by atoms with van der Waals surface area (Å²) in [6.07, 6.45) is 7.55. The minimum Gasteiger partial charge on any atom is -0.464 e. The van der Waals surface area contributed by atoms with E-state index >= 15 is 0 Å². The van der Waals surface area contributed by atoms with E-state index in [0.717, 1.165) is 44.1 Å². The fourth-order valence-corrected chi connectivity index (χ4v) is 2.21. The van der Waals surface area contributed by atoms with Crippen LogP contribution in [0, 0.1) is 6.92 Å². The number of ether oxygens (including phenoxy) is 1. The molecule has 1 N–H and O–H groups in total. The number of unbranched alkanes of at least 4 members (excludes halogenated alkanes) is 4. The lowest BCUT2D eigenvalue weighted by molar-refractivity contribution is 0.102. The predicted octanol–water partition coefficient (Wildman–Crippen LogP) is 4.57. The average Bonchev–Trinajstić information content (AvgIpc) is 2.79. The normalized spacial score (nSPS) is 11.2. The number of aryl methyl sites for hydroxylation is 1. The molecule has 3 nitrogen and oxygen atoms in total. The van der Waals surface area contributed by atoms with Crippen molar-refractivity contribution < 1.29 is 9.15 Å². The number of rotatable bonds is 12. The highest BCUT2D eigenvalue weighted by molar-refractivity contribution is 5.20. The molecule has 0 atom stereocenters. The van der Waals surface area contributed by atoms with Gasteiger partial charge in [0.1, 0.15) is 18.1 Å². The van der Waals surface area contributed by atoms with Crippen molar-refractivity contribution in [1.29, 1.82) is 0 Å². The molecule has 20 heavy (non-hydrogen) atoms. The summed E-state index contributed by atoms with van der Waals surface area (Å²) in [5.41, 5.74) is 1.25. The van der Waals surface area contributed by atoms with Crippen LogP contribution in [0.3, 0.4) is 0 Å². The third kappa shape index (κ3) is 7.11. The lowest BCUT2D eigenvalue weighted by Crippen LogP contribution is -2.13. The van der Waals surface area contributed by atoms with Crippen LogP contribution in [-0.2, 0) is 17.9 Å². The summed E-state index contributed by atoms with van der Waals surface area (Å²) in [4.78, 5) is 0. The smallest absolute Gasteiger partial charge is 0.130 e. The minimum absolute atomic E-state index is 0.600. The Kier molecular flexibility index (Phi) is 9.42. The lowest BCUT2D eigenvalue weighted by Gasteiger charge is -2.02. The van der Waals surface area contributed by atoms with Gasteiger partial charge < -0.3 is 14.5 Å². The topological polar surface area (TPSA) is 34.4 Å². The first kappa shape index (κ1) is 17.3. The van der Waals surface area contributed by atoms with Gasteiger partial charge in [0, 0.05) is 18.7 Å². The van der Waals surface area contributed by atoms with E-state index in [1.165, 1.54) is 31.2 Å². The van der Waals surface area contributed by atoms with Crippen LogP contribution < -0.4 is 5.32 Å². The van der Waals surface area contributed by atoms with Gasteiger partial charge in [-0.1, -0.05) is 39.5 Å². The number of hydrogen-bond acceptors (Lipinski definition) is 3. The second-order valence-electron chi connectivity index (χ2n) is 5.44. The standard InChI is InChI=1S/C17H31NO2/c1-4-6-7-8-9-11-19-14-17-12-16(15(3)20-17)13-18-10-5-2/h12,18H,4-11,13-14H2,1-3H3. The van der Waals surface area contributed by atoms with E-state index in [9.17, 15) is 0 Å². The summed E-state index contributed by atoms with van der Waals surface area (Å²) in [7, 11) is 0. The van der Waals surface area contributed by atoms with Crippen LogP contribution in [0.25, 0.3) is 0 Å². The van der Waals surface area contributed by atoms with Crippen LogP contribution in [0.5, 0.6) is 0 Å². The number of hydrogen-bond donors (Lipinski definition) is 1. The van der Waals surface area contributed by atoms with E-state index in [4.69, 9.17) is 9.15 Å². The van der Waals surface area contributed by atoms with Crippen molar-refractivity contribution in [3.05, 3.63) is 23.2 Å². The van der Waals surface area contributed by atoms with Crippen molar-refractivity contribution in [2.45, 2.75) is 72.4 Å². The Morgan fingerprint density at radius 2 is 1.90 bits per heavy atom. The number of nitrogens with one attached hydrogen (secondary N) is 1. The molecule has 0 aliphatic rings. The van der Waals surface area contributed by atoms with Crippen molar-refractivity contribution in [3.63, 3.8) is 0 Å². The Hall–Kier alpha value is -0.800. The first-order chi connectivity index (χ1) is 9.77. The zero-order valence-corrected chi connectivity index (χ0v) is 13.5. The van der Waals surface area contributed by atoms with Crippen molar-refractivity contribution in [2.75, 3.05) is 13.2 Å². The molecule has 0 aliphatic heterocycles. The van der Waals surface area contributed by atoms with Gasteiger partial charge >= 0.3 is 0 Å². The fraction of sp³-hybridized carbons (Fsp3) is 0.765. The van der Waals surface area contributed by atoms with Gasteiger partial charge in [-0.25, -0.2) is 0 Å². The molecular weight excluding hydrogens is 250 g/mol. The SMILES string of the molecule is CCCCCCCOCc1cc(CNCCC)c(C)o1. The maximum Gasteiger partial charge on any atom is 0.130 e. The zero-order chi connectivity index (χ0) is 14.6. The maximum atomic E-state index is 5.73. The van der Waals surface area contributed by atoms with Crippen LogP contribution in [0.2, 0.25) is 0 Å². The quantitative estimate of drug-likeness (QED) is 0.570. The zero-order valence-electron chi connectivity index (χ0n) is 13.5. The van der Waals surface area contributed by atoms with Crippen LogP contribution in [0.4, 0.5) is 0 Å². The van der Waals surface area contributed by atoms with Crippen molar-refractivity contribution >= 4 is 0 Å². The molecular formula is C17H31NO2. The fourth-order valence-electron chi connectivity index (χ4n) is 2.21. The van der Waals surface area contributed by atoms with Gasteiger partial charge in [0.05, 0.1) is 0 Å². The van der Waals surface area contributed by atoms with Crippen LogP contribution in [0.1, 0.15) is 69.5 Å². The molecule has 0 bridgehead atoms. The summed E-state index contributed by atoms with van der Waals surface area (Å²) in [5, 5.41) is 3.40. The van der Waals surface area contributed by atoms with Gasteiger partial charge in [0.2, 0.25) is 0 Å².